The minimum Gasteiger partial charge on any atom is -0.356 e. The molecule has 1 aliphatic carbocycles. The van der Waals surface area contributed by atoms with Gasteiger partial charge in [-0.25, -0.2) is 4.98 Å². The molecule has 1 saturated carbocycles. The van der Waals surface area contributed by atoms with Crippen LogP contribution in [0.25, 0.3) is 0 Å². The average Bonchev–Trinajstić information content (AvgIpc) is 2.22. The van der Waals surface area contributed by atoms with Crippen LogP contribution < -0.4 is 4.90 Å². The van der Waals surface area contributed by atoms with Crippen LogP contribution in [-0.4, -0.2) is 48.1 Å². The molecule has 0 unspecified atom stereocenters. The summed E-state index contributed by atoms with van der Waals surface area (Å²) in [6.07, 6.45) is 7.13. The maximum atomic E-state index is 5.86. The van der Waals surface area contributed by atoms with Crippen LogP contribution in [0.5, 0.6) is 0 Å². The third kappa shape index (κ3) is 2.53. The fourth-order valence-corrected chi connectivity index (χ4v) is 2.51. The highest BCUT2D eigenvalue weighted by atomic mass is 35.5. The molecule has 1 heterocycles. The predicted molar refractivity (Wildman–Crippen MR) is 70.6 cm³/mol. The van der Waals surface area contributed by atoms with E-state index in [4.69, 9.17) is 11.6 Å². The lowest BCUT2D eigenvalue weighted by molar-refractivity contribution is 0.0681. The SMILES string of the molecule is CN(CC1(N(C)C)CCC1)c1cncc(Cl)n1. The normalized spacial score (nSPS) is 17.9. The molecule has 0 amide bonds. The molecule has 17 heavy (non-hydrogen) atoms. The second kappa shape index (κ2) is 4.78. The lowest BCUT2D eigenvalue weighted by Gasteiger charge is -2.49. The molecule has 0 bridgehead atoms. The Morgan fingerprint density at radius 2 is 2.00 bits per heavy atom. The fraction of sp³-hybridized carbons (Fsp3) is 0.667. The topological polar surface area (TPSA) is 32.3 Å². The van der Waals surface area contributed by atoms with Crippen molar-refractivity contribution < 1.29 is 0 Å². The molecule has 5 heteroatoms. The summed E-state index contributed by atoms with van der Waals surface area (Å²) in [5.74, 6) is 0.839. The van der Waals surface area contributed by atoms with Crippen LogP contribution in [0, 0.1) is 0 Å². The number of aromatic nitrogens is 2. The Hall–Kier alpha value is -0.870. The van der Waals surface area contributed by atoms with Gasteiger partial charge in [0.05, 0.1) is 12.4 Å². The van der Waals surface area contributed by atoms with Crippen molar-refractivity contribution in [1.29, 1.82) is 0 Å². The minimum atomic E-state index is 0.290. The van der Waals surface area contributed by atoms with Crippen molar-refractivity contribution in [3.05, 3.63) is 17.5 Å². The van der Waals surface area contributed by atoms with Gasteiger partial charge in [-0.3, -0.25) is 4.98 Å². The summed E-state index contributed by atoms with van der Waals surface area (Å²) in [7, 11) is 6.34. The first kappa shape index (κ1) is 12.6. The maximum absolute atomic E-state index is 5.86. The van der Waals surface area contributed by atoms with Gasteiger partial charge in [0.15, 0.2) is 0 Å². The summed E-state index contributed by atoms with van der Waals surface area (Å²) in [6.45, 7) is 0.967. The highest BCUT2D eigenvalue weighted by molar-refractivity contribution is 6.29. The van der Waals surface area contributed by atoms with E-state index >= 15 is 0 Å². The van der Waals surface area contributed by atoms with Gasteiger partial charge in [0.2, 0.25) is 0 Å². The summed E-state index contributed by atoms with van der Waals surface area (Å²) in [6, 6.07) is 0. The van der Waals surface area contributed by atoms with Gasteiger partial charge >= 0.3 is 0 Å². The number of nitrogens with zero attached hydrogens (tertiary/aromatic N) is 4. The smallest absolute Gasteiger partial charge is 0.149 e. The standard InChI is InChI=1S/C12H19ClN4/c1-16(2)12(5-4-6-12)9-17(3)11-8-14-7-10(13)15-11/h7-8H,4-6,9H2,1-3H3. The monoisotopic (exact) mass is 254 g/mol. The molecule has 1 aliphatic rings. The quantitative estimate of drug-likeness (QED) is 0.823. The Morgan fingerprint density at radius 3 is 2.47 bits per heavy atom. The molecular formula is C12H19ClN4. The van der Waals surface area contributed by atoms with Crippen LogP contribution in [0.1, 0.15) is 19.3 Å². The summed E-state index contributed by atoms with van der Waals surface area (Å²) < 4.78 is 0. The van der Waals surface area contributed by atoms with Crippen molar-refractivity contribution in [3.8, 4) is 0 Å². The molecule has 94 valence electrons. The minimum absolute atomic E-state index is 0.290. The Labute approximate surface area is 108 Å². The molecule has 0 saturated heterocycles. The van der Waals surface area contributed by atoms with Crippen molar-refractivity contribution in [2.75, 3.05) is 32.6 Å². The first-order valence-corrected chi connectivity index (χ1v) is 6.27. The average molecular weight is 255 g/mol. The van der Waals surface area contributed by atoms with Crippen LogP contribution in [0.3, 0.4) is 0 Å². The lowest BCUT2D eigenvalue weighted by Crippen LogP contribution is -2.56. The molecule has 0 spiro atoms. The zero-order chi connectivity index (χ0) is 12.5. The molecule has 1 fully saturated rings. The van der Waals surface area contributed by atoms with Gasteiger partial charge in [-0.2, -0.15) is 0 Å². The third-order valence-corrected chi connectivity index (χ3v) is 3.93. The molecule has 0 atom stereocenters. The molecular weight excluding hydrogens is 236 g/mol. The van der Waals surface area contributed by atoms with E-state index in [2.05, 4.69) is 33.9 Å². The highest BCUT2D eigenvalue weighted by Crippen LogP contribution is 2.37. The van der Waals surface area contributed by atoms with Crippen LogP contribution >= 0.6 is 11.6 Å². The maximum Gasteiger partial charge on any atom is 0.149 e. The number of halogens is 1. The van der Waals surface area contributed by atoms with Crippen molar-refractivity contribution in [2.24, 2.45) is 0 Å². The van der Waals surface area contributed by atoms with E-state index in [9.17, 15) is 0 Å². The number of rotatable bonds is 4. The Bertz CT molecular complexity index is 390. The van der Waals surface area contributed by atoms with Crippen LogP contribution in [0.4, 0.5) is 5.82 Å². The summed E-state index contributed by atoms with van der Waals surface area (Å²) in [4.78, 5) is 12.8. The Morgan fingerprint density at radius 1 is 1.29 bits per heavy atom. The molecule has 2 rings (SSSR count). The van der Waals surface area contributed by atoms with E-state index in [1.807, 2.05) is 7.05 Å². The second-order valence-corrected chi connectivity index (χ2v) is 5.42. The molecule has 0 aliphatic heterocycles. The van der Waals surface area contributed by atoms with E-state index in [0.717, 1.165) is 12.4 Å². The zero-order valence-corrected chi connectivity index (χ0v) is 11.4. The number of anilines is 1. The molecule has 0 aromatic carbocycles. The van der Waals surface area contributed by atoms with E-state index in [-0.39, 0.29) is 0 Å². The van der Waals surface area contributed by atoms with E-state index in [1.54, 1.807) is 12.4 Å². The molecule has 1 aromatic rings. The van der Waals surface area contributed by atoms with Gasteiger partial charge in [-0.15, -0.1) is 0 Å². The first-order chi connectivity index (χ1) is 8.03. The van der Waals surface area contributed by atoms with Crippen LogP contribution in [0.2, 0.25) is 5.15 Å². The predicted octanol–water partition coefficient (Wildman–Crippen LogP) is 2.05. The molecule has 0 radical (unpaired) electrons. The molecule has 1 aromatic heterocycles. The summed E-state index contributed by atoms with van der Waals surface area (Å²) in [5, 5.41) is 0.446. The van der Waals surface area contributed by atoms with Gasteiger partial charge in [-0.1, -0.05) is 11.6 Å². The zero-order valence-electron chi connectivity index (χ0n) is 10.6. The highest BCUT2D eigenvalue weighted by Gasteiger charge is 2.40. The third-order valence-electron chi connectivity index (χ3n) is 3.75. The van der Waals surface area contributed by atoms with Gasteiger partial charge < -0.3 is 9.80 Å². The van der Waals surface area contributed by atoms with Crippen LogP contribution in [0.15, 0.2) is 12.4 Å². The van der Waals surface area contributed by atoms with Gasteiger partial charge in [0.25, 0.3) is 0 Å². The van der Waals surface area contributed by atoms with Gasteiger partial charge in [-0.05, 0) is 33.4 Å². The lowest BCUT2D eigenvalue weighted by atomic mass is 9.75. The van der Waals surface area contributed by atoms with Crippen LogP contribution in [-0.2, 0) is 0 Å². The Kier molecular flexibility index (Phi) is 3.54. The Balaban J connectivity index is 2.08. The fourth-order valence-electron chi connectivity index (χ4n) is 2.37. The summed E-state index contributed by atoms with van der Waals surface area (Å²) >= 11 is 5.86. The van der Waals surface area contributed by atoms with Crippen molar-refractivity contribution >= 4 is 17.4 Å². The molecule has 4 nitrogen and oxygen atoms in total. The van der Waals surface area contributed by atoms with E-state index in [1.165, 1.54) is 19.3 Å². The van der Waals surface area contributed by atoms with Crippen molar-refractivity contribution in [3.63, 3.8) is 0 Å². The number of hydrogen-bond acceptors (Lipinski definition) is 4. The second-order valence-electron chi connectivity index (χ2n) is 5.03. The van der Waals surface area contributed by atoms with Gasteiger partial charge in [0.1, 0.15) is 11.0 Å². The van der Waals surface area contributed by atoms with Gasteiger partial charge in [0, 0.05) is 19.1 Å². The summed E-state index contributed by atoms with van der Waals surface area (Å²) in [5.41, 5.74) is 0.290. The first-order valence-electron chi connectivity index (χ1n) is 5.90. The molecule has 0 N–H and O–H groups in total. The number of likely N-dealkylation sites (N-methyl/N-ethyl adjacent to an activating group) is 2. The van der Waals surface area contributed by atoms with E-state index < -0.39 is 0 Å². The number of hydrogen-bond donors (Lipinski definition) is 0. The van der Waals surface area contributed by atoms with Crippen molar-refractivity contribution in [2.45, 2.75) is 24.8 Å². The van der Waals surface area contributed by atoms with Crippen molar-refractivity contribution in [1.82, 2.24) is 14.9 Å². The van der Waals surface area contributed by atoms with E-state index in [0.29, 0.717) is 10.7 Å². The largest absolute Gasteiger partial charge is 0.356 e.